The summed E-state index contributed by atoms with van der Waals surface area (Å²) in [5, 5.41) is 8.59. The third kappa shape index (κ3) is 4.93. The van der Waals surface area contributed by atoms with Crippen LogP contribution in [0.25, 0.3) is 5.82 Å². The van der Waals surface area contributed by atoms with Crippen molar-refractivity contribution in [2.24, 2.45) is 0 Å². The molecule has 1 fully saturated rings. The Morgan fingerprint density at radius 1 is 1.23 bits per heavy atom. The highest BCUT2D eigenvalue weighted by molar-refractivity contribution is 5.98. The van der Waals surface area contributed by atoms with Crippen LogP contribution in [-0.2, 0) is 15.7 Å². The number of esters is 1. The van der Waals surface area contributed by atoms with Crippen molar-refractivity contribution in [1.82, 2.24) is 25.4 Å². The number of nitrogens with zero attached hydrogens (tertiary/aromatic N) is 3. The predicted octanol–water partition coefficient (Wildman–Crippen LogP) is 2.13. The first kappa shape index (κ1) is 21.3. The Balaban J connectivity index is 1.65. The molecule has 1 atom stereocenters. The van der Waals surface area contributed by atoms with Crippen LogP contribution in [0.4, 0.5) is 18.0 Å². The van der Waals surface area contributed by atoms with Crippen molar-refractivity contribution < 1.29 is 32.3 Å². The Bertz CT molecular complexity index is 967. The zero-order valence-corrected chi connectivity index (χ0v) is 16.0. The summed E-state index contributed by atoms with van der Waals surface area (Å²) in [6, 6.07) is 1.36. The quantitative estimate of drug-likeness (QED) is 0.710. The van der Waals surface area contributed by atoms with E-state index in [0.29, 0.717) is 6.20 Å². The van der Waals surface area contributed by atoms with Gasteiger partial charge in [-0.05, 0) is 38.8 Å². The lowest BCUT2D eigenvalue weighted by Gasteiger charge is -2.13. The number of amides is 3. The number of rotatable bonds is 5. The number of hydrogen-bond acceptors (Lipinski definition) is 6. The van der Waals surface area contributed by atoms with E-state index in [1.165, 1.54) is 18.5 Å². The molecule has 1 aliphatic carbocycles. The van der Waals surface area contributed by atoms with Crippen molar-refractivity contribution in [3.8, 4) is 5.82 Å². The first-order valence-corrected chi connectivity index (χ1v) is 8.97. The van der Waals surface area contributed by atoms with E-state index in [4.69, 9.17) is 4.74 Å². The number of ether oxygens (including phenoxy) is 1. The maximum atomic E-state index is 12.7. The Kier molecular flexibility index (Phi) is 5.76. The molecule has 0 radical (unpaired) electrons. The fraction of sp³-hybridized carbons (Fsp3) is 0.389. The lowest BCUT2D eigenvalue weighted by atomic mass is 10.2. The maximum absolute atomic E-state index is 12.7. The molecule has 3 rings (SSSR count). The van der Waals surface area contributed by atoms with Gasteiger partial charge in [0.25, 0.3) is 5.91 Å². The van der Waals surface area contributed by atoms with Crippen LogP contribution in [0.15, 0.2) is 24.5 Å². The second-order valence-corrected chi connectivity index (χ2v) is 6.74. The van der Waals surface area contributed by atoms with Gasteiger partial charge in [0, 0.05) is 12.2 Å². The van der Waals surface area contributed by atoms with E-state index < -0.39 is 35.8 Å². The summed E-state index contributed by atoms with van der Waals surface area (Å²) >= 11 is 0. The molecule has 0 saturated heterocycles. The molecule has 30 heavy (non-hydrogen) atoms. The van der Waals surface area contributed by atoms with Gasteiger partial charge in [-0.15, -0.1) is 0 Å². The highest BCUT2D eigenvalue weighted by Gasteiger charge is 2.31. The molecule has 160 valence electrons. The van der Waals surface area contributed by atoms with E-state index >= 15 is 0 Å². The predicted molar refractivity (Wildman–Crippen MR) is 95.7 cm³/mol. The molecular weight excluding hydrogens is 407 g/mol. The Morgan fingerprint density at radius 3 is 2.50 bits per heavy atom. The molecule has 9 nitrogen and oxygen atoms in total. The lowest BCUT2D eigenvalue weighted by molar-refractivity contribution is -0.137. The number of pyridine rings is 1. The van der Waals surface area contributed by atoms with E-state index in [-0.39, 0.29) is 23.1 Å². The molecule has 1 saturated carbocycles. The molecule has 0 bridgehead atoms. The smallest absolute Gasteiger partial charge is 0.417 e. The Hall–Kier alpha value is -3.44. The topological polar surface area (TPSA) is 115 Å². The summed E-state index contributed by atoms with van der Waals surface area (Å²) in [6.45, 7) is 2.80. The summed E-state index contributed by atoms with van der Waals surface area (Å²) in [4.78, 5) is 39.6. The summed E-state index contributed by atoms with van der Waals surface area (Å²) in [6.07, 6.45) is -2.26. The standard InChI is InChI=1S/C18H18F3N5O4/c1-9-13(8-23-26(9)14-6-3-11(7-22-14)18(19,20)21)16(28)30-10(2)15(27)25-17(29)24-12-4-5-12/h3,6-8,10,12H,4-5H2,1-2H3,(H2,24,25,27,29). The van der Waals surface area contributed by atoms with Crippen LogP contribution in [0.5, 0.6) is 0 Å². The number of urea groups is 1. The monoisotopic (exact) mass is 425 g/mol. The van der Waals surface area contributed by atoms with Gasteiger partial charge in [0.1, 0.15) is 5.56 Å². The lowest BCUT2D eigenvalue weighted by Crippen LogP contribution is -2.45. The van der Waals surface area contributed by atoms with Gasteiger partial charge < -0.3 is 10.1 Å². The van der Waals surface area contributed by atoms with Crippen molar-refractivity contribution in [1.29, 1.82) is 0 Å². The molecular formula is C18H18F3N5O4. The van der Waals surface area contributed by atoms with Gasteiger partial charge in [-0.2, -0.15) is 18.3 Å². The average Bonchev–Trinajstić information content (AvgIpc) is 3.39. The minimum Gasteiger partial charge on any atom is -0.449 e. The van der Waals surface area contributed by atoms with Crippen molar-refractivity contribution in [3.63, 3.8) is 0 Å². The third-order valence-corrected chi connectivity index (χ3v) is 4.32. The summed E-state index contributed by atoms with van der Waals surface area (Å²) in [7, 11) is 0. The Morgan fingerprint density at radius 2 is 1.93 bits per heavy atom. The highest BCUT2D eigenvalue weighted by atomic mass is 19.4. The number of carbonyl (C=O) groups is 3. The van der Waals surface area contributed by atoms with Crippen LogP contribution >= 0.6 is 0 Å². The minimum atomic E-state index is -4.52. The van der Waals surface area contributed by atoms with Crippen molar-refractivity contribution >= 4 is 17.9 Å². The van der Waals surface area contributed by atoms with Gasteiger partial charge in [-0.1, -0.05) is 0 Å². The third-order valence-electron chi connectivity index (χ3n) is 4.32. The Labute approximate surface area is 168 Å². The number of nitrogens with one attached hydrogen (secondary N) is 2. The van der Waals surface area contributed by atoms with E-state index in [0.717, 1.165) is 31.2 Å². The van der Waals surface area contributed by atoms with Crippen molar-refractivity contribution in [2.45, 2.75) is 45.0 Å². The minimum absolute atomic E-state index is 0.00113. The number of halogens is 3. The van der Waals surface area contributed by atoms with E-state index in [1.54, 1.807) is 0 Å². The summed E-state index contributed by atoms with van der Waals surface area (Å²) in [5.74, 6) is -1.60. The van der Waals surface area contributed by atoms with Gasteiger partial charge in [-0.25, -0.2) is 19.3 Å². The number of imide groups is 1. The molecule has 1 unspecified atom stereocenters. The molecule has 2 N–H and O–H groups in total. The van der Waals surface area contributed by atoms with Crippen LogP contribution in [-0.4, -0.2) is 44.8 Å². The van der Waals surface area contributed by atoms with E-state index in [1.807, 2.05) is 0 Å². The molecule has 12 heteroatoms. The second-order valence-electron chi connectivity index (χ2n) is 6.74. The van der Waals surface area contributed by atoms with Crippen LogP contribution in [0.2, 0.25) is 0 Å². The first-order valence-electron chi connectivity index (χ1n) is 8.97. The van der Waals surface area contributed by atoms with Gasteiger partial charge in [0.2, 0.25) is 0 Å². The number of alkyl halides is 3. The van der Waals surface area contributed by atoms with Gasteiger partial charge in [0.05, 0.1) is 17.5 Å². The maximum Gasteiger partial charge on any atom is 0.417 e. The fourth-order valence-electron chi connectivity index (χ4n) is 2.46. The molecule has 0 aromatic carbocycles. The molecule has 0 spiro atoms. The highest BCUT2D eigenvalue weighted by Crippen LogP contribution is 2.28. The number of carbonyl (C=O) groups excluding carboxylic acids is 3. The van der Waals surface area contributed by atoms with Gasteiger partial charge in [0.15, 0.2) is 11.9 Å². The molecule has 1 aliphatic rings. The van der Waals surface area contributed by atoms with Crippen LogP contribution in [0.3, 0.4) is 0 Å². The average molecular weight is 425 g/mol. The van der Waals surface area contributed by atoms with Crippen LogP contribution < -0.4 is 10.6 Å². The number of hydrogen-bond donors (Lipinski definition) is 2. The molecule has 0 aliphatic heterocycles. The zero-order valence-electron chi connectivity index (χ0n) is 16.0. The summed E-state index contributed by atoms with van der Waals surface area (Å²) in [5.41, 5.74) is -0.661. The summed E-state index contributed by atoms with van der Waals surface area (Å²) < 4.78 is 44.2. The van der Waals surface area contributed by atoms with E-state index in [2.05, 4.69) is 20.7 Å². The van der Waals surface area contributed by atoms with Gasteiger partial charge in [-0.3, -0.25) is 10.1 Å². The molecule has 2 aromatic heterocycles. The molecule has 2 heterocycles. The molecule has 3 amide bonds. The van der Waals surface area contributed by atoms with Crippen LogP contribution in [0, 0.1) is 6.92 Å². The van der Waals surface area contributed by atoms with E-state index in [9.17, 15) is 27.6 Å². The number of aromatic nitrogens is 3. The van der Waals surface area contributed by atoms with Gasteiger partial charge >= 0.3 is 18.2 Å². The largest absolute Gasteiger partial charge is 0.449 e. The fourth-order valence-corrected chi connectivity index (χ4v) is 2.46. The zero-order chi connectivity index (χ0) is 22.1. The SMILES string of the molecule is Cc1c(C(=O)OC(C)C(=O)NC(=O)NC2CC2)cnn1-c1ccc(C(F)(F)F)cn1. The van der Waals surface area contributed by atoms with Crippen molar-refractivity contribution in [2.75, 3.05) is 0 Å². The normalized spacial score (nSPS) is 14.7. The second kappa shape index (κ2) is 8.13. The first-order chi connectivity index (χ1) is 14.1. The van der Waals surface area contributed by atoms with Crippen LogP contribution in [0.1, 0.15) is 41.4 Å². The van der Waals surface area contributed by atoms with Crippen molar-refractivity contribution in [3.05, 3.63) is 41.3 Å². The molecule has 2 aromatic rings.